The van der Waals surface area contributed by atoms with Gasteiger partial charge in [-0.05, 0) is 104 Å². The van der Waals surface area contributed by atoms with Crippen molar-refractivity contribution in [2.45, 2.75) is 71.9 Å². The summed E-state index contributed by atoms with van der Waals surface area (Å²) in [4.78, 5) is 3.87. The highest BCUT2D eigenvalue weighted by Gasteiger charge is 2.36. The van der Waals surface area contributed by atoms with Gasteiger partial charge < -0.3 is 19.3 Å². The average molecular weight is 944 g/mol. The number of ether oxygens (including phenoxy) is 2. The molecule has 0 saturated heterocycles. The highest BCUT2D eigenvalue weighted by Crippen LogP contribution is 2.44. The lowest BCUT2D eigenvalue weighted by Crippen LogP contribution is -2.31. The Labute approximate surface area is 347 Å². The van der Waals surface area contributed by atoms with Crippen LogP contribution in [0.3, 0.4) is 0 Å². The van der Waals surface area contributed by atoms with Crippen molar-refractivity contribution in [3.8, 4) is 0 Å². The lowest BCUT2D eigenvalue weighted by molar-refractivity contribution is -0.138. The van der Waals surface area contributed by atoms with Crippen LogP contribution < -0.4 is 9.80 Å². The normalized spacial score (nSPS) is 14.3. The highest BCUT2D eigenvalue weighted by atomic mass is 79.9. The molecule has 0 bridgehead atoms. The molecule has 1 aliphatic carbocycles. The van der Waals surface area contributed by atoms with Crippen molar-refractivity contribution in [2.75, 3.05) is 50.3 Å². The second kappa shape index (κ2) is 20.8. The van der Waals surface area contributed by atoms with Crippen molar-refractivity contribution in [1.82, 2.24) is 0 Å². The van der Waals surface area contributed by atoms with Crippen LogP contribution in [0.1, 0.15) is 78.2 Å². The smallest absolute Gasteiger partial charge is 0.383 e. The van der Waals surface area contributed by atoms with Crippen LogP contribution in [0, 0.1) is 13.8 Å². The monoisotopic (exact) mass is 940 g/mol. The first-order chi connectivity index (χ1) is 25.9. The Morgan fingerprint density at radius 1 is 0.745 bits per heavy atom. The SMILES string of the molecule is CC.COCCN(c1ccc(Cl)c(C(F)(F)F)c1)C(C)c1ccc(C)c(Br)c1.COCCN(c1ccc(Cl)c(C(F)(F)F)c1)C1CCc2c1ccc(C)c2Br. The van der Waals surface area contributed by atoms with Gasteiger partial charge in [0, 0.05) is 47.6 Å². The third kappa shape index (κ3) is 12.0. The predicted molar refractivity (Wildman–Crippen MR) is 220 cm³/mol. The third-order valence-corrected chi connectivity index (χ3v) is 11.9. The maximum atomic E-state index is 13.3. The number of hydrogen-bond acceptors (Lipinski definition) is 4. The summed E-state index contributed by atoms with van der Waals surface area (Å²) in [5.74, 6) is 0. The highest BCUT2D eigenvalue weighted by molar-refractivity contribution is 9.10. The molecule has 2 atom stereocenters. The van der Waals surface area contributed by atoms with E-state index in [0.29, 0.717) is 37.7 Å². The number of anilines is 2. The number of hydrogen-bond donors (Lipinski definition) is 0. The summed E-state index contributed by atoms with van der Waals surface area (Å²) in [6.07, 6.45) is -7.28. The van der Waals surface area contributed by atoms with Gasteiger partial charge in [-0.1, -0.05) is 93.2 Å². The van der Waals surface area contributed by atoms with Crippen molar-refractivity contribution < 1.29 is 35.8 Å². The van der Waals surface area contributed by atoms with Gasteiger partial charge in [-0.15, -0.1) is 0 Å². The summed E-state index contributed by atoms with van der Waals surface area (Å²) in [6, 6.07) is 18.0. The van der Waals surface area contributed by atoms with Gasteiger partial charge in [-0.2, -0.15) is 26.3 Å². The molecule has 0 radical (unpaired) electrons. The number of nitrogens with zero attached hydrogens (tertiary/aromatic N) is 2. The van der Waals surface area contributed by atoms with Crippen LogP contribution in [0.15, 0.2) is 75.7 Å². The quantitative estimate of drug-likeness (QED) is 0.140. The van der Waals surface area contributed by atoms with Crippen molar-refractivity contribution in [3.05, 3.63) is 125 Å². The van der Waals surface area contributed by atoms with E-state index < -0.39 is 23.5 Å². The Morgan fingerprint density at radius 2 is 1.27 bits per heavy atom. The standard InChI is InChI=1S/C20H20BrClF3NO.C19H20BrClF3NO.C2H6/c1-12-3-5-14-15(19(12)21)6-8-18(14)26(9-10-27-2)13-4-7-17(22)16(11-13)20(23,24)25;1-12-4-5-14(10-17(12)20)13(2)25(8-9-26-3)15-6-7-18(21)16(11-15)19(22,23)24;1-2/h3-5,7,11,18H,6,8-10H2,1-2H3;4-7,10-11,13H,8-9H2,1-3H3;1-2H3. The molecular formula is C41H46Br2Cl2F6N2O2. The van der Waals surface area contributed by atoms with Crippen molar-refractivity contribution >= 4 is 66.4 Å². The molecule has 4 nitrogen and oxygen atoms in total. The summed E-state index contributed by atoms with van der Waals surface area (Å²) >= 11 is 18.7. The second-order valence-corrected chi connectivity index (χ2v) is 15.2. The summed E-state index contributed by atoms with van der Waals surface area (Å²) in [6.45, 7) is 11.7. The largest absolute Gasteiger partial charge is 0.417 e. The zero-order chi connectivity index (χ0) is 41.2. The maximum absolute atomic E-state index is 13.3. The van der Waals surface area contributed by atoms with Crippen molar-refractivity contribution in [3.63, 3.8) is 0 Å². The molecule has 0 heterocycles. The number of aryl methyl sites for hydroxylation is 2. The molecule has 0 saturated carbocycles. The molecular weight excluding hydrogens is 897 g/mol. The summed E-state index contributed by atoms with van der Waals surface area (Å²) < 4.78 is 92.1. The fourth-order valence-corrected chi connectivity index (χ4v) is 7.74. The van der Waals surface area contributed by atoms with Gasteiger partial charge in [0.15, 0.2) is 0 Å². The van der Waals surface area contributed by atoms with Crippen molar-refractivity contribution in [1.29, 1.82) is 0 Å². The topological polar surface area (TPSA) is 24.9 Å². The molecule has 0 spiro atoms. The molecule has 302 valence electrons. The molecule has 4 aromatic carbocycles. The number of benzene rings is 4. The second-order valence-electron chi connectivity index (χ2n) is 12.7. The van der Waals surface area contributed by atoms with Crippen LogP contribution in [-0.4, -0.2) is 40.5 Å². The molecule has 0 aliphatic heterocycles. The Hall–Kier alpha value is -2.48. The van der Waals surface area contributed by atoms with E-state index in [0.717, 1.165) is 56.2 Å². The first kappa shape index (κ1) is 46.9. The van der Waals surface area contributed by atoms with Gasteiger partial charge in [0.25, 0.3) is 0 Å². The van der Waals surface area contributed by atoms with Crippen LogP contribution in [0.5, 0.6) is 0 Å². The van der Waals surface area contributed by atoms with Crippen LogP contribution >= 0.6 is 55.1 Å². The van der Waals surface area contributed by atoms with E-state index in [-0.39, 0.29) is 22.1 Å². The minimum absolute atomic E-state index is 0.00527. The molecule has 0 amide bonds. The Kier molecular flexibility index (Phi) is 17.7. The molecule has 2 unspecified atom stereocenters. The molecule has 14 heteroatoms. The van der Waals surface area contributed by atoms with Crippen LogP contribution in [0.2, 0.25) is 10.0 Å². The van der Waals surface area contributed by atoms with Gasteiger partial charge in [0.2, 0.25) is 0 Å². The minimum Gasteiger partial charge on any atom is -0.383 e. The number of halogens is 10. The number of rotatable bonds is 11. The lowest BCUT2D eigenvalue weighted by atomic mass is 10.0. The zero-order valence-electron chi connectivity index (χ0n) is 31.7. The lowest BCUT2D eigenvalue weighted by Gasteiger charge is -2.32. The predicted octanol–water partition coefficient (Wildman–Crippen LogP) is 14.2. The van der Waals surface area contributed by atoms with Gasteiger partial charge in [-0.3, -0.25) is 0 Å². The molecule has 55 heavy (non-hydrogen) atoms. The van der Waals surface area contributed by atoms with Gasteiger partial charge in [0.1, 0.15) is 0 Å². The zero-order valence-corrected chi connectivity index (χ0v) is 36.4. The molecule has 0 aromatic heterocycles. The van der Waals surface area contributed by atoms with Gasteiger partial charge in [0.05, 0.1) is 46.5 Å². The third-order valence-electron chi connectivity index (χ3n) is 9.27. The first-order valence-corrected chi connectivity index (χ1v) is 20.0. The van der Waals surface area contributed by atoms with Gasteiger partial charge in [-0.25, -0.2) is 0 Å². The number of alkyl halides is 6. The number of methoxy groups -OCH3 is 2. The average Bonchev–Trinajstić information content (AvgIpc) is 3.57. The minimum atomic E-state index is -4.50. The summed E-state index contributed by atoms with van der Waals surface area (Å²) in [7, 11) is 3.15. The van der Waals surface area contributed by atoms with E-state index in [1.54, 1.807) is 26.4 Å². The fraction of sp³-hybridized carbons (Fsp3) is 0.415. The van der Waals surface area contributed by atoms with E-state index in [2.05, 4.69) is 37.9 Å². The van der Waals surface area contributed by atoms with Gasteiger partial charge >= 0.3 is 12.4 Å². The van der Waals surface area contributed by atoms with E-state index in [9.17, 15) is 26.3 Å². The molecule has 0 N–H and O–H groups in total. The number of fused-ring (bicyclic) bond motifs is 1. The van der Waals surface area contributed by atoms with Crippen LogP contribution in [0.25, 0.3) is 0 Å². The molecule has 5 rings (SSSR count). The fourth-order valence-electron chi connectivity index (χ4n) is 6.34. The summed E-state index contributed by atoms with van der Waals surface area (Å²) in [5, 5.41) is -0.596. The Morgan fingerprint density at radius 3 is 1.82 bits per heavy atom. The molecule has 0 fully saturated rings. The van der Waals surface area contributed by atoms with E-state index in [4.69, 9.17) is 32.7 Å². The van der Waals surface area contributed by atoms with E-state index in [1.807, 2.05) is 68.7 Å². The maximum Gasteiger partial charge on any atom is 0.417 e. The van der Waals surface area contributed by atoms with Crippen LogP contribution in [-0.2, 0) is 28.2 Å². The first-order valence-electron chi connectivity index (χ1n) is 17.7. The van der Waals surface area contributed by atoms with Crippen LogP contribution in [0.4, 0.5) is 37.7 Å². The van der Waals surface area contributed by atoms with E-state index in [1.165, 1.54) is 17.7 Å². The Balaban J connectivity index is 0.000000283. The molecule has 1 aliphatic rings. The summed E-state index contributed by atoms with van der Waals surface area (Å²) in [5.41, 5.74) is 4.91. The Bertz CT molecular complexity index is 1880. The molecule has 4 aromatic rings. The van der Waals surface area contributed by atoms with Crippen molar-refractivity contribution in [2.24, 2.45) is 0 Å². The van der Waals surface area contributed by atoms with E-state index >= 15 is 0 Å².